The molecule has 0 aliphatic heterocycles. The number of nitrogens with one attached hydrogen (secondary N) is 2. The number of nitrogens with zero attached hydrogens (tertiary/aromatic N) is 3. The first kappa shape index (κ1) is 17.1. The molecule has 0 amide bonds. The summed E-state index contributed by atoms with van der Waals surface area (Å²) in [6.45, 7) is 2.19. The summed E-state index contributed by atoms with van der Waals surface area (Å²) in [5.41, 5.74) is 3.72. The molecule has 4 rings (SSSR count). The molecule has 0 fully saturated rings. The molecule has 0 spiro atoms. The van der Waals surface area contributed by atoms with Gasteiger partial charge in [0.25, 0.3) is 0 Å². The minimum absolute atomic E-state index is 0.288. The maximum Gasteiger partial charge on any atom is 0.218 e. The van der Waals surface area contributed by atoms with E-state index in [0.717, 1.165) is 27.7 Å². The number of aromatic amines is 1. The van der Waals surface area contributed by atoms with Crippen molar-refractivity contribution in [3.05, 3.63) is 83.1 Å². The summed E-state index contributed by atoms with van der Waals surface area (Å²) in [6.07, 6.45) is 5.36. The molecule has 0 bridgehead atoms. The Balaban J connectivity index is 1.49. The summed E-state index contributed by atoms with van der Waals surface area (Å²) in [4.78, 5) is 15.2. The van der Waals surface area contributed by atoms with Gasteiger partial charge in [0, 0.05) is 36.3 Å². The Bertz CT molecular complexity index is 1090. The fraction of sp³-hybridized carbons (Fsp3) is 0.150. The number of rotatable bonds is 5. The van der Waals surface area contributed by atoms with Crippen LogP contribution in [0.25, 0.3) is 11.0 Å². The van der Waals surface area contributed by atoms with Gasteiger partial charge >= 0.3 is 0 Å². The lowest BCUT2D eigenvalue weighted by molar-refractivity contribution is 0.571. The third-order valence-electron chi connectivity index (χ3n) is 4.32. The highest BCUT2D eigenvalue weighted by atomic mass is 19.1. The first-order chi connectivity index (χ1) is 13.1. The van der Waals surface area contributed by atoms with Crippen molar-refractivity contribution in [3.8, 4) is 0 Å². The maximum absolute atomic E-state index is 14.4. The predicted octanol–water partition coefficient (Wildman–Crippen LogP) is 4.14. The van der Waals surface area contributed by atoms with Gasteiger partial charge in [-0.3, -0.25) is 0 Å². The molecule has 0 aliphatic carbocycles. The van der Waals surface area contributed by atoms with Crippen molar-refractivity contribution in [1.82, 2.24) is 19.9 Å². The molecule has 27 heavy (non-hydrogen) atoms. The van der Waals surface area contributed by atoms with Crippen molar-refractivity contribution in [1.29, 1.82) is 0 Å². The SMILES string of the molecule is Cc1cc(F)cc(CNc2ccc(Cc3c[nH]c4ncncc34)c(F)n2)c1. The van der Waals surface area contributed by atoms with E-state index in [0.29, 0.717) is 24.3 Å². The molecule has 0 saturated heterocycles. The van der Waals surface area contributed by atoms with Crippen LogP contribution in [0.1, 0.15) is 22.3 Å². The minimum Gasteiger partial charge on any atom is -0.366 e. The van der Waals surface area contributed by atoms with E-state index >= 15 is 0 Å². The van der Waals surface area contributed by atoms with E-state index in [1.165, 1.54) is 18.5 Å². The second-order valence-corrected chi connectivity index (χ2v) is 6.41. The van der Waals surface area contributed by atoms with Gasteiger partial charge in [0.1, 0.15) is 23.6 Å². The lowest BCUT2D eigenvalue weighted by atomic mass is 10.1. The number of halogens is 2. The molecule has 0 saturated carbocycles. The summed E-state index contributed by atoms with van der Waals surface area (Å²) < 4.78 is 27.9. The van der Waals surface area contributed by atoms with E-state index in [2.05, 4.69) is 25.3 Å². The summed E-state index contributed by atoms with van der Waals surface area (Å²) in [7, 11) is 0. The highest BCUT2D eigenvalue weighted by molar-refractivity contribution is 5.78. The molecule has 136 valence electrons. The van der Waals surface area contributed by atoms with Gasteiger partial charge in [0.05, 0.1) is 0 Å². The number of aryl methyl sites for hydroxylation is 1. The summed E-state index contributed by atoms with van der Waals surface area (Å²) in [6, 6.07) is 8.20. The van der Waals surface area contributed by atoms with Gasteiger partial charge in [0.2, 0.25) is 5.95 Å². The van der Waals surface area contributed by atoms with Crippen LogP contribution in [0.5, 0.6) is 0 Å². The standard InChI is InChI=1S/C20H17F2N5/c1-12-4-13(6-16(21)5-12)8-24-18-3-2-14(19(22)27-18)7-15-9-25-20-17(15)10-23-11-26-20/h2-6,9-11H,7-8H2,1H3,(H,24,27)(H,23,25,26). The lowest BCUT2D eigenvalue weighted by Gasteiger charge is -2.09. The van der Waals surface area contributed by atoms with Gasteiger partial charge < -0.3 is 10.3 Å². The van der Waals surface area contributed by atoms with Crippen molar-refractivity contribution in [2.24, 2.45) is 0 Å². The van der Waals surface area contributed by atoms with Gasteiger partial charge in [-0.15, -0.1) is 0 Å². The van der Waals surface area contributed by atoms with Gasteiger partial charge in [0.15, 0.2) is 0 Å². The molecule has 5 nitrogen and oxygen atoms in total. The molecule has 4 aromatic rings. The molecule has 3 heterocycles. The van der Waals surface area contributed by atoms with Crippen molar-refractivity contribution in [2.45, 2.75) is 19.9 Å². The normalized spacial score (nSPS) is 11.1. The number of pyridine rings is 1. The third kappa shape index (κ3) is 3.76. The van der Waals surface area contributed by atoms with Gasteiger partial charge in [-0.2, -0.15) is 4.39 Å². The van der Waals surface area contributed by atoms with Crippen LogP contribution in [0, 0.1) is 18.7 Å². The predicted molar refractivity (Wildman–Crippen MR) is 99.4 cm³/mol. The summed E-state index contributed by atoms with van der Waals surface area (Å²) in [5.74, 6) is -0.425. The Hall–Kier alpha value is -3.35. The molecule has 3 aromatic heterocycles. The minimum atomic E-state index is -0.540. The van der Waals surface area contributed by atoms with Crippen molar-refractivity contribution in [3.63, 3.8) is 0 Å². The highest BCUT2D eigenvalue weighted by Crippen LogP contribution is 2.21. The molecular formula is C20H17F2N5. The Morgan fingerprint density at radius 3 is 2.81 bits per heavy atom. The summed E-state index contributed by atoms with van der Waals surface area (Å²) >= 11 is 0. The second-order valence-electron chi connectivity index (χ2n) is 6.41. The zero-order valence-corrected chi connectivity index (χ0v) is 14.6. The van der Waals surface area contributed by atoms with Gasteiger partial charge in [-0.1, -0.05) is 12.1 Å². The van der Waals surface area contributed by atoms with Crippen LogP contribution < -0.4 is 5.32 Å². The molecular weight excluding hydrogens is 348 g/mol. The van der Waals surface area contributed by atoms with Crippen LogP contribution in [0.3, 0.4) is 0 Å². The molecule has 2 N–H and O–H groups in total. The topological polar surface area (TPSA) is 66.5 Å². The number of hydrogen-bond acceptors (Lipinski definition) is 4. The zero-order valence-electron chi connectivity index (χ0n) is 14.6. The van der Waals surface area contributed by atoms with Crippen LogP contribution in [-0.4, -0.2) is 19.9 Å². The van der Waals surface area contributed by atoms with Crippen molar-refractivity contribution >= 4 is 16.9 Å². The molecule has 0 unspecified atom stereocenters. The smallest absolute Gasteiger partial charge is 0.218 e. The Morgan fingerprint density at radius 2 is 2.00 bits per heavy atom. The first-order valence-corrected chi connectivity index (χ1v) is 8.50. The fourth-order valence-electron chi connectivity index (χ4n) is 3.06. The average Bonchev–Trinajstić information content (AvgIpc) is 3.04. The molecule has 0 aliphatic rings. The number of hydrogen-bond donors (Lipinski definition) is 2. The lowest BCUT2D eigenvalue weighted by Crippen LogP contribution is -2.05. The summed E-state index contributed by atoms with van der Waals surface area (Å²) in [5, 5.41) is 3.89. The molecule has 1 aromatic carbocycles. The largest absolute Gasteiger partial charge is 0.366 e. The van der Waals surface area contributed by atoms with E-state index in [-0.39, 0.29) is 5.82 Å². The van der Waals surface area contributed by atoms with Crippen LogP contribution in [-0.2, 0) is 13.0 Å². The van der Waals surface area contributed by atoms with Crippen LogP contribution in [0.4, 0.5) is 14.6 Å². The van der Waals surface area contributed by atoms with E-state index in [1.807, 2.05) is 13.0 Å². The van der Waals surface area contributed by atoms with Gasteiger partial charge in [-0.25, -0.2) is 19.3 Å². The number of aromatic nitrogens is 4. The second kappa shape index (κ2) is 7.11. The number of H-pyrrole nitrogens is 1. The number of benzene rings is 1. The van der Waals surface area contributed by atoms with E-state index < -0.39 is 5.95 Å². The van der Waals surface area contributed by atoms with Crippen LogP contribution in [0.15, 0.2) is 49.1 Å². The maximum atomic E-state index is 14.4. The zero-order chi connectivity index (χ0) is 18.8. The van der Waals surface area contributed by atoms with Crippen molar-refractivity contribution < 1.29 is 8.78 Å². The van der Waals surface area contributed by atoms with Crippen LogP contribution >= 0.6 is 0 Å². The monoisotopic (exact) mass is 365 g/mol. The van der Waals surface area contributed by atoms with Crippen molar-refractivity contribution in [2.75, 3.05) is 5.32 Å². The fourth-order valence-corrected chi connectivity index (χ4v) is 3.06. The Morgan fingerprint density at radius 1 is 1.11 bits per heavy atom. The molecule has 7 heteroatoms. The first-order valence-electron chi connectivity index (χ1n) is 8.50. The van der Waals surface area contributed by atoms with E-state index in [9.17, 15) is 8.78 Å². The average molecular weight is 365 g/mol. The third-order valence-corrected chi connectivity index (χ3v) is 4.32. The van der Waals surface area contributed by atoms with Crippen LogP contribution in [0.2, 0.25) is 0 Å². The Labute approximate surface area is 154 Å². The molecule has 0 atom stereocenters. The number of fused-ring (bicyclic) bond motifs is 1. The Kier molecular flexibility index (Phi) is 4.50. The van der Waals surface area contributed by atoms with E-state index in [4.69, 9.17) is 0 Å². The quantitative estimate of drug-likeness (QED) is 0.522. The van der Waals surface area contributed by atoms with Gasteiger partial charge in [-0.05, 0) is 41.8 Å². The highest BCUT2D eigenvalue weighted by Gasteiger charge is 2.11. The molecule has 0 radical (unpaired) electrons. The number of anilines is 1. The van der Waals surface area contributed by atoms with E-state index in [1.54, 1.807) is 24.5 Å².